The lowest BCUT2D eigenvalue weighted by Gasteiger charge is -2.23. The number of ether oxygens (including phenoxy) is 3. The molecule has 4 amide bonds. The smallest absolute Gasteiger partial charge is 0.255 e. The lowest BCUT2D eigenvalue weighted by atomic mass is 9.97. The van der Waals surface area contributed by atoms with Crippen LogP contribution in [0.3, 0.4) is 0 Å². The molecule has 178 valence electrons. The van der Waals surface area contributed by atoms with Crippen molar-refractivity contribution in [2.45, 2.75) is 12.5 Å². The summed E-state index contributed by atoms with van der Waals surface area (Å²) in [6.07, 6.45) is 2.27. The Bertz CT molecular complexity index is 1090. The zero-order valence-electron chi connectivity index (χ0n) is 18.8. The maximum Gasteiger partial charge on any atom is 0.255 e. The van der Waals surface area contributed by atoms with Crippen molar-refractivity contribution >= 4 is 23.6 Å². The van der Waals surface area contributed by atoms with Crippen molar-refractivity contribution in [3.63, 3.8) is 0 Å². The summed E-state index contributed by atoms with van der Waals surface area (Å²) in [5, 5.41) is 2.94. The zero-order chi connectivity index (χ0) is 24.7. The highest BCUT2D eigenvalue weighted by atomic mass is 16.5. The molecule has 0 saturated carbocycles. The molecule has 3 rings (SSSR count). The standard InChI is InChI=1S/C24H25N3O7/c1-32-17-7-8-18(19(13-17)33-2)24(15-3-5-16(6-4-15)34-14-20(25)28)26-21(29)11-12-27-22(30)9-10-23(27)31/h3-10,13,24H,11-12,14H2,1-2H3,(H2,25,28)(H,26,29). The van der Waals surface area contributed by atoms with E-state index in [0.717, 1.165) is 4.90 Å². The first-order chi connectivity index (χ1) is 16.3. The summed E-state index contributed by atoms with van der Waals surface area (Å²) < 4.78 is 16.1. The first kappa shape index (κ1) is 24.3. The molecule has 10 heteroatoms. The van der Waals surface area contributed by atoms with E-state index in [0.29, 0.717) is 28.4 Å². The Labute approximate surface area is 196 Å². The SMILES string of the molecule is COc1ccc(C(NC(=O)CCN2C(=O)C=CC2=O)c2ccc(OCC(N)=O)cc2)c(OC)c1. The molecule has 10 nitrogen and oxygen atoms in total. The first-order valence-corrected chi connectivity index (χ1v) is 10.4. The Balaban J connectivity index is 1.83. The van der Waals surface area contributed by atoms with Crippen LogP contribution in [0.25, 0.3) is 0 Å². The lowest BCUT2D eigenvalue weighted by Crippen LogP contribution is -2.36. The van der Waals surface area contributed by atoms with Gasteiger partial charge in [-0.2, -0.15) is 0 Å². The number of imide groups is 1. The monoisotopic (exact) mass is 467 g/mol. The maximum absolute atomic E-state index is 12.8. The zero-order valence-corrected chi connectivity index (χ0v) is 18.8. The second kappa shape index (κ2) is 11.0. The normalized spacial score (nSPS) is 13.5. The fraction of sp³-hybridized carbons (Fsp3) is 0.250. The average molecular weight is 467 g/mol. The molecule has 0 saturated heterocycles. The molecule has 1 atom stereocenters. The molecule has 3 N–H and O–H groups in total. The number of nitrogens with zero attached hydrogens (tertiary/aromatic N) is 1. The van der Waals surface area contributed by atoms with Gasteiger partial charge in [0.1, 0.15) is 17.2 Å². The minimum absolute atomic E-state index is 0.0388. The van der Waals surface area contributed by atoms with Crippen LogP contribution < -0.4 is 25.3 Å². The number of carbonyl (C=O) groups excluding carboxylic acids is 4. The Kier molecular flexibility index (Phi) is 7.86. The highest BCUT2D eigenvalue weighted by molar-refractivity contribution is 6.13. The minimum Gasteiger partial charge on any atom is -0.497 e. The van der Waals surface area contributed by atoms with Crippen LogP contribution >= 0.6 is 0 Å². The van der Waals surface area contributed by atoms with Crippen molar-refractivity contribution in [1.29, 1.82) is 0 Å². The fourth-order valence-electron chi connectivity index (χ4n) is 3.41. The van der Waals surface area contributed by atoms with Gasteiger partial charge in [-0.05, 0) is 29.8 Å². The highest BCUT2D eigenvalue weighted by Crippen LogP contribution is 2.34. The van der Waals surface area contributed by atoms with Crippen LogP contribution in [0.15, 0.2) is 54.6 Å². The van der Waals surface area contributed by atoms with Crippen molar-refractivity contribution in [3.8, 4) is 17.2 Å². The van der Waals surface area contributed by atoms with Gasteiger partial charge in [-0.15, -0.1) is 0 Å². The molecule has 0 aromatic heterocycles. The van der Waals surface area contributed by atoms with Gasteiger partial charge in [0.2, 0.25) is 5.91 Å². The van der Waals surface area contributed by atoms with E-state index in [1.165, 1.54) is 26.4 Å². The van der Waals surface area contributed by atoms with Gasteiger partial charge in [0.25, 0.3) is 17.7 Å². The van der Waals surface area contributed by atoms with E-state index in [-0.39, 0.29) is 25.5 Å². The molecule has 1 aliphatic rings. The predicted molar refractivity (Wildman–Crippen MR) is 121 cm³/mol. The molecule has 1 heterocycles. The van der Waals surface area contributed by atoms with Crippen molar-refractivity contribution in [3.05, 3.63) is 65.7 Å². The van der Waals surface area contributed by atoms with Gasteiger partial charge in [-0.3, -0.25) is 24.1 Å². The fourth-order valence-corrected chi connectivity index (χ4v) is 3.41. The number of benzene rings is 2. The molecular formula is C24H25N3O7. The summed E-state index contributed by atoms with van der Waals surface area (Å²) in [4.78, 5) is 48.3. The number of rotatable bonds is 11. The number of carbonyl (C=O) groups is 4. The molecule has 0 bridgehead atoms. The summed E-state index contributed by atoms with van der Waals surface area (Å²) >= 11 is 0. The van der Waals surface area contributed by atoms with Gasteiger partial charge >= 0.3 is 0 Å². The van der Waals surface area contributed by atoms with Gasteiger partial charge in [0.05, 0.1) is 20.3 Å². The van der Waals surface area contributed by atoms with Gasteiger partial charge in [-0.25, -0.2) is 0 Å². The van der Waals surface area contributed by atoms with Gasteiger partial charge < -0.3 is 25.3 Å². The van der Waals surface area contributed by atoms with Gasteiger partial charge in [0.15, 0.2) is 6.61 Å². The Morgan fingerprint density at radius 1 is 0.971 bits per heavy atom. The number of nitrogens with one attached hydrogen (secondary N) is 1. The summed E-state index contributed by atoms with van der Waals surface area (Å²) in [5.74, 6) is -0.345. The van der Waals surface area contributed by atoms with E-state index >= 15 is 0 Å². The maximum atomic E-state index is 12.8. The predicted octanol–water partition coefficient (Wildman–Crippen LogP) is 1.09. The van der Waals surface area contributed by atoms with Gasteiger partial charge in [-0.1, -0.05) is 12.1 Å². The molecule has 0 aliphatic carbocycles. The third-order valence-electron chi connectivity index (χ3n) is 5.11. The third-order valence-corrected chi connectivity index (χ3v) is 5.11. The van der Waals surface area contributed by atoms with Crippen LogP contribution in [0.4, 0.5) is 0 Å². The molecule has 0 fully saturated rings. The van der Waals surface area contributed by atoms with Gasteiger partial charge in [0, 0.05) is 36.7 Å². The van der Waals surface area contributed by atoms with Crippen molar-refractivity contribution in [2.75, 3.05) is 27.4 Å². The van der Waals surface area contributed by atoms with E-state index in [2.05, 4.69) is 5.32 Å². The van der Waals surface area contributed by atoms with E-state index in [9.17, 15) is 19.2 Å². The summed E-state index contributed by atoms with van der Waals surface area (Å²) in [5.41, 5.74) is 6.48. The van der Waals surface area contributed by atoms with E-state index in [1.807, 2.05) is 0 Å². The van der Waals surface area contributed by atoms with E-state index in [1.54, 1.807) is 42.5 Å². The Morgan fingerprint density at radius 2 is 1.62 bits per heavy atom. The minimum atomic E-state index is -0.623. The van der Waals surface area contributed by atoms with E-state index < -0.39 is 23.8 Å². The Morgan fingerprint density at radius 3 is 2.21 bits per heavy atom. The van der Waals surface area contributed by atoms with Crippen LogP contribution in [-0.2, 0) is 19.2 Å². The number of hydrogen-bond acceptors (Lipinski definition) is 7. The summed E-state index contributed by atoms with van der Waals surface area (Å²) in [7, 11) is 3.05. The topological polar surface area (TPSA) is 137 Å². The first-order valence-electron chi connectivity index (χ1n) is 10.4. The van der Waals surface area contributed by atoms with Crippen LogP contribution in [0.2, 0.25) is 0 Å². The molecule has 2 aromatic rings. The van der Waals surface area contributed by atoms with E-state index in [4.69, 9.17) is 19.9 Å². The number of amides is 4. The van der Waals surface area contributed by atoms with Crippen molar-refractivity contribution in [1.82, 2.24) is 10.2 Å². The molecule has 34 heavy (non-hydrogen) atoms. The molecule has 0 spiro atoms. The number of hydrogen-bond donors (Lipinski definition) is 2. The number of nitrogens with two attached hydrogens (primary N) is 1. The second-order valence-corrected chi connectivity index (χ2v) is 7.34. The molecule has 2 aromatic carbocycles. The van der Waals surface area contributed by atoms with Crippen LogP contribution in [0.1, 0.15) is 23.6 Å². The highest BCUT2D eigenvalue weighted by Gasteiger charge is 2.25. The second-order valence-electron chi connectivity index (χ2n) is 7.34. The summed E-state index contributed by atoms with van der Waals surface area (Å²) in [6.45, 7) is -0.294. The summed E-state index contributed by atoms with van der Waals surface area (Å²) in [6, 6.07) is 11.4. The van der Waals surface area contributed by atoms with Crippen molar-refractivity contribution in [2.24, 2.45) is 5.73 Å². The number of primary amides is 1. The van der Waals surface area contributed by atoms with Crippen LogP contribution in [-0.4, -0.2) is 55.9 Å². The van der Waals surface area contributed by atoms with Crippen LogP contribution in [0.5, 0.6) is 17.2 Å². The average Bonchev–Trinajstić information content (AvgIpc) is 3.16. The lowest BCUT2D eigenvalue weighted by molar-refractivity contribution is -0.137. The largest absolute Gasteiger partial charge is 0.497 e. The Hall–Kier alpha value is -4.34. The third kappa shape index (κ3) is 5.91. The quantitative estimate of drug-likeness (QED) is 0.472. The molecule has 1 unspecified atom stereocenters. The van der Waals surface area contributed by atoms with Crippen molar-refractivity contribution < 1.29 is 33.4 Å². The molecular weight excluding hydrogens is 442 g/mol. The molecule has 1 aliphatic heterocycles. The molecule has 0 radical (unpaired) electrons. The van der Waals surface area contributed by atoms with Crippen LogP contribution in [0, 0.1) is 0 Å². The number of methoxy groups -OCH3 is 2.